The van der Waals surface area contributed by atoms with Gasteiger partial charge in [-0.25, -0.2) is 8.42 Å². The van der Waals surface area contributed by atoms with E-state index in [1.54, 1.807) is 22.5 Å². The highest BCUT2D eigenvalue weighted by atomic mass is 32.2. The van der Waals surface area contributed by atoms with Crippen molar-refractivity contribution < 1.29 is 17.9 Å². The predicted molar refractivity (Wildman–Crippen MR) is 129 cm³/mol. The Hall–Kier alpha value is -2.38. The number of likely N-dealkylation sites (tertiary alicyclic amines) is 1. The Morgan fingerprint density at radius 2 is 1.67 bits per heavy atom. The quantitative estimate of drug-likeness (QED) is 0.613. The summed E-state index contributed by atoms with van der Waals surface area (Å²) in [6.45, 7) is 4.47. The molecule has 0 unspecified atom stereocenters. The Morgan fingerprint density at radius 1 is 0.970 bits per heavy atom. The number of sulfonamides is 1. The van der Waals surface area contributed by atoms with Crippen molar-refractivity contribution in [3.8, 4) is 5.75 Å². The summed E-state index contributed by atoms with van der Waals surface area (Å²) < 4.78 is 33.1. The molecule has 2 aliphatic heterocycles. The van der Waals surface area contributed by atoms with E-state index in [9.17, 15) is 13.2 Å². The van der Waals surface area contributed by atoms with Crippen LogP contribution in [0.5, 0.6) is 5.75 Å². The maximum Gasteiger partial charge on any atom is 0.260 e. The zero-order valence-corrected chi connectivity index (χ0v) is 20.2. The molecule has 6 nitrogen and oxygen atoms in total. The minimum absolute atomic E-state index is 0.0161. The Bertz CT molecular complexity index is 1040. The zero-order chi connectivity index (χ0) is 23.3. The summed E-state index contributed by atoms with van der Waals surface area (Å²) >= 11 is 0. The van der Waals surface area contributed by atoms with Gasteiger partial charge in [-0.1, -0.05) is 36.8 Å². The number of hydrogen-bond acceptors (Lipinski definition) is 4. The number of amides is 1. The monoisotopic (exact) mass is 470 g/mol. The molecule has 0 spiro atoms. The standard InChI is InChI=1S/C26H34N2O4S/c1-21-18-24(33(30,31)28-14-6-3-7-15-28)10-11-25(21)32-20-26(29)27-16-12-23(13-17-27)19-22-8-4-2-5-9-22/h2,4-5,8-11,18,23H,3,6-7,12-17,19-20H2,1H3. The molecule has 0 N–H and O–H groups in total. The predicted octanol–water partition coefficient (Wildman–Crippen LogP) is 4.03. The fourth-order valence-corrected chi connectivity index (χ4v) is 6.37. The van der Waals surface area contributed by atoms with E-state index in [1.807, 2.05) is 17.9 Å². The van der Waals surface area contributed by atoms with Crippen LogP contribution in [0.15, 0.2) is 53.4 Å². The number of rotatable bonds is 7. The lowest BCUT2D eigenvalue weighted by atomic mass is 9.90. The van der Waals surface area contributed by atoms with Gasteiger partial charge in [-0.2, -0.15) is 4.31 Å². The molecule has 1 amide bonds. The smallest absolute Gasteiger partial charge is 0.260 e. The first-order valence-corrected chi connectivity index (χ1v) is 13.4. The van der Waals surface area contributed by atoms with Gasteiger partial charge in [-0.15, -0.1) is 0 Å². The van der Waals surface area contributed by atoms with Gasteiger partial charge in [-0.3, -0.25) is 4.79 Å². The number of aryl methyl sites for hydroxylation is 1. The van der Waals surface area contributed by atoms with Crippen LogP contribution in [0, 0.1) is 12.8 Å². The lowest BCUT2D eigenvalue weighted by Gasteiger charge is -2.32. The highest BCUT2D eigenvalue weighted by Crippen LogP contribution is 2.26. The minimum Gasteiger partial charge on any atom is -0.483 e. The van der Waals surface area contributed by atoms with Crippen LogP contribution < -0.4 is 4.74 Å². The number of piperidine rings is 2. The van der Waals surface area contributed by atoms with Crippen LogP contribution in [0.4, 0.5) is 0 Å². The average molecular weight is 471 g/mol. The summed E-state index contributed by atoms with van der Waals surface area (Å²) in [6, 6.07) is 15.4. The van der Waals surface area contributed by atoms with Crippen LogP contribution in [-0.4, -0.2) is 56.3 Å². The highest BCUT2D eigenvalue weighted by molar-refractivity contribution is 7.89. The van der Waals surface area contributed by atoms with Gasteiger partial charge in [0.05, 0.1) is 4.90 Å². The van der Waals surface area contributed by atoms with Crippen LogP contribution in [0.3, 0.4) is 0 Å². The number of hydrogen-bond donors (Lipinski definition) is 0. The SMILES string of the molecule is Cc1cc(S(=O)(=O)N2CCCCC2)ccc1OCC(=O)N1CCC(Cc2ccccc2)CC1. The van der Waals surface area contributed by atoms with Crippen molar-refractivity contribution in [2.75, 3.05) is 32.8 Å². The number of ether oxygens (including phenoxy) is 1. The number of benzene rings is 2. The van der Waals surface area contributed by atoms with E-state index in [1.165, 1.54) is 5.56 Å². The molecule has 2 aromatic carbocycles. The lowest BCUT2D eigenvalue weighted by molar-refractivity contribution is -0.134. The van der Waals surface area contributed by atoms with Gasteiger partial charge < -0.3 is 9.64 Å². The molecule has 0 saturated carbocycles. The fraction of sp³-hybridized carbons (Fsp3) is 0.500. The third-order valence-electron chi connectivity index (χ3n) is 6.78. The van der Waals surface area contributed by atoms with Crippen LogP contribution in [0.1, 0.15) is 43.2 Å². The van der Waals surface area contributed by atoms with Crippen LogP contribution >= 0.6 is 0 Å². The van der Waals surface area contributed by atoms with Gasteiger partial charge in [0.25, 0.3) is 5.91 Å². The number of nitrogens with zero attached hydrogens (tertiary/aromatic N) is 2. The van der Waals surface area contributed by atoms with Gasteiger partial charge in [0.2, 0.25) is 10.0 Å². The van der Waals surface area contributed by atoms with Crippen molar-refractivity contribution in [3.63, 3.8) is 0 Å². The van der Waals surface area contributed by atoms with E-state index in [0.717, 1.165) is 57.2 Å². The van der Waals surface area contributed by atoms with Gasteiger partial charge >= 0.3 is 0 Å². The Kier molecular flexibility index (Phi) is 7.71. The number of carbonyl (C=O) groups is 1. The minimum atomic E-state index is -3.48. The molecule has 0 radical (unpaired) electrons. The Balaban J connectivity index is 1.28. The van der Waals surface area contributed by atoms with E-state index in [-0.39, 0.29) is 12.5 Å². The average Bonchev–Trinajstić information content (AvgIpc) is 2.84. The second-order valence-corrected chi connectivity index (χ2v) is 11.1. The van der Waals surface area contributed by atoms with Gasteiger partial charge in [0.1, 0.15) is 5.75 Å². The van der Waals surface area contributed by atoms with E-state index >= 15 is 0 Å². The molecule has 2 saturated heterocycles. The summed E-state index contributed by atoms with van der Waals surface area (Å²) in [5.41, 5.74) is 2.08. The molecule has 7 heteroatoms. The summed E-state index contributed by atoms with van der Waals surface area (Å²) in [6.07, 6.45) is 5.96. The molecule has 33 heavy (non-hydrogen) atoms. The van der Waals surface area contributed by atoms with Crippen molar-refractivity contribution in [2.24, 2.45) is 5.92 Å². The van der Waals surface area contributed by atoms with Crippen LogP contribution in [0.25, 0.3) is 0 Å². The Morgan fingerprint density at radius 3 is 2.33 bits per heavy atom. The van der Waals surface area contributed by atoms with E-state index in [2.05, 4.69) is 24.3 Å². The van der Waals surface area contributed by atoms with Gasteiger partial charge in [0, 0.05) is 26.2 Å². The van der Waals surface area contributed by atoms with Crippen LogP contribution in [-0.2, 0) is 21.2 Å². The van der Waals surface area contributed by atoms with Crippen molar-refractivity contribution >= 4 is 15.9 Å². The first-order valence-electron chi connectivity index (χ1n) is 12.0. The summed E-state index contributed by atoms with van der Waals surface area (Å²) in [5, 5.41) is 0. The molecule has 0 atom stereocenters. The topological polar surface area (TPSA) is 66.9 Å². The van der Waals surface area contributed by atoms with Gasteiger partial charge in [0.15, 0.2) is 6.61 Å². The molecule has 0 bridgehead atoms. The first-order chi connectivity index (χ1) is 15.9. The van der Waals surface area contributed by atoms with E-state index < -0.39 is 10.0 Å². The van der Waals surface area contributed by atoms with Crippen molar-refractivity contribution in [3.05, 3.63) is 59.7 Å². The molecule has 2 heterocycles. The maximum absolute atomic E-state index is 12.9. The summed E-state index contributed by atoms with van der Waals surface area (Å²) in [4.78, 5) is 14.9. The Labute approximate surface area is 197 Å². The molecular formula is C26H34N2O4S. The first kappa shape index (κ1) is 23.8. The van der Waals surface area contributed by atoms with Crippen molar-refractivity contribution in [1.29, 1.82) is 0 Å². The number of carbonyl (C=O) groups excluding carboxylic acids is 1. The molecule has 0 aromatic heterocycles. The van der Waals surface area contributed by atoms with Crippen LogP contribution in [0.2, 0.25) is 0 Å². The van der Waals surface area contributed by atoms with E-state index in [4.69, 9.17) is 4.74 Å². The van der Waals surface area contributed by atoms with Crippen molar-refractivity contribution in [2.45, 2.75) is 50.3 Å². The third-order valence-corrected chi connectivity index (χ3v) is 8.68. The summed E-state index contributed by atoms with van der Waals surface area (Å²) in [7, 11) is -3.48. The zero-order valence-electron chi connectivity index (χ0n) is 19.4. The fourth-order valence-electron chi connectivity index (χ4n) is 4.76. The molecule has 2 fully saturated rings. The summed E-state index contributed by atoms with van der Waals surface area (Å²) in [5.74, 6) is 1.14. The maximum atomic E-state index is 12.9. The molecule has 2 aliphatic rings. The third kappa shape index (κ3) is 5.95. The normalized spacial score (nSPS) is 18.3. The second-order valence-electron chi connectivity index (χ2n) is 9.19. The van der Waals surface area contributed by atoms with Gasteiger partial charge in [-0.05, 0) is 74.3 Å². The lowest BCUT2D eigenvalue weighted by Crippen LogP contribution is -2.41. The van der Waals surface area contributed by atoms with E-state index in [0.29, 0.717) is 29.7 Å². The second kappa shape index (κ2) is 10.7. The largest absolute Gasteiger partial charge is 0.483 e. The molecule has 178 valence electrons. The molecule has 4 rings (SSSR count). The molecule has 0 aliphatic carbocycles. The molecule has 2 aromatic rings. The highest BCUT2D eigenvalue weighted by Gasteiger charge is 2.27. The molecular weight excluding hydrogens is 436 g/mol. The van der Waals surface area contributed by atoms with Crippen molar-refractivity contribution in [1.82, 2.24) is 9.21 Å².